The molecule has 0 spiro atoms. The Morgan fingerprint density at radius 1 is 1.44 bits per heavy atom. The van der Waals surface area contributed by atoms with E-state index in [1.165, 1.54) is 0 Å². The summed E-state index contributed by atoms with van der Waals surface area (Å²) in [6, 6.07) is 3.45. The zero-order chi connectivity index (χ0) is 13.9. The first kappa shape index (κ1) is 15.0. The fourth-order valence-corrected chi connectivity index (χ4v) is 1.78. The average molecular weight is 270 g/mol. The van der Waals surface area contributed by atoms with Gasteiger partial charge in [0.25, 0.3) is 0 Å². The van der Waals surface area contributed by atoms with E-state index in [1.54, 1.807) is 19.2 Å². The third kappa shape index (κ3) is 4.00. The highest BCUT2D eigenvalue weighted by molar-refractivity contribution is 6.31. The molecule has 0 radical (unpaired) electrons. The van der Waals surface area contributed by atoms with Crippen molar-refractivity contribution in [3.8, 4) is 5.75 Å². The van der Waals surface area contributed by atoms with Gasteiger partial charge < -0.3 is 10.5 Å². The summed E-state index contributed by atoms with van der Waals surface area (Å²) in [4.78, 5) is 12.1. The van der Waals surface area contributed by atoms with Crippen LogP contribution in [0.2, 0.25) is 5.02 Å². The Balaban J connectivity index is 2.95. The number of ketones is 1. The van der Waals surface area contributed by atoms with E-state index in [9.17, 15) is 4.79 Å². The zero-order valence-corrected chi connectivity index (χ0v) is 12.1. The number of carbonyl (C=O) groups is 1. The molecule has 0 aliphatic carbocycles. The van der Waals surface area contributed by atoms with Gasteiger partial charge in [0, 0.05) is 17.0 Å². The van der Waals surface area contributed by atoms with Crippen molar-refractivity contribution in [3.05, 3.63) is 28.3 Å². The summed E-state index contributed by atoms with van der Waals surface area (Å²) in [6.45, 7) is 5.68. The van der Waals surface area contributed by atoms with Crippen LogP contribution in [0.3, 0.4) is 0 Å². The SMILES string of the molecule is COc1cc(C)c(Cl)cc1C(=O)CCC(C)(C)N. The van der Waals surface area contributed by atoms with Gasteiger partial charge in [-0.1, -0.05) is 11.6 Å². The molecule has 0 atom stereocenters. The van der Waals surface area contributed by atoms with Gasteiger partial charge in [-0.25, -0.2) is 0 Å². The molecule has 1 rings (SSSR count). The van der Waals surface area contributed by atoms with Crippen LogP contribution < -0.4 is 10.5 Å². The Morgan fingerprint density at radius 2 is 2.06 bits per heavy atom. The molecule has 0 bridgehead atoms. The average Bonchev–Trinajstić information content (AvgIpc) is 2.28. The van der Waals surface area contributed by atoms with Crippen LogP contribution in [0.1, 0.15) is 42.6 Å². The monoisotopic (exact) mass is 269 g/mol. The lowest BCUT2D eigenvalue weighted by atomic mass is 9.95. The summed E-state index contributed by atoms with van der Waals surface area (Å²) in [5.74, 6) is 0.573. The number of aryl methyl sites for hydroxylation is 1. The standard InChI is InChI=1S/C14H20ClNO2/c1-9-7-13(18-4)10(8-11(9)15)12(17)5-6-14(2,3)16/h7-8H,5-6,16H2,1-4H3. The van der Waals surface area contributed by atoms with Gasteiger partial charge in [-0.2, -0.15) is 0 Å². The zero-order valence-electron chi connectivity index (χ0n) is 11.3. The Labute approximate surface area is 113 Å². The highest BCUT2D eigenvalue weighted by Gasteiger charge is 2.18. The Morgan fingerprint density at radius 3 is 2.56 bits per heavy atom. The molecular formula is C14H20ClNO2. The van der Waals surface area contributed by atoms with Crippen LogP contribution in [0, 0.1) is 6.92 Å². The van der Waals surface area contributed by atoms with Gasteiger partial charge in [0.15, 0.2) is 5.78 Å². The van der Waals surface area contributed by atoms with E-state index in [2.05, 4.69) is 0 Å². The second-order valence-corrected chi connectivity index (χ2v) is 5.62. The molecule has 18 heavy (non-hydrogen) atoms. The molecule has 2 N–H and O–H groups in total. The first-order valence-electron chi connectivity index (χ1n) is 5.91. The lowest BCUT2D eigenvalue weighted by molar-refractivity contribution is 0.0969. The number of hydrogen-bond acceptors (Lipinski definition) is 3. The summed E-state index contributed by atoms with van der Waals surface area (Å²) in [5.41, 5.74) is 6.95. The number of carbonyl (C=O) groups excluding carboxylic acids is 1. The number of methoxy groups -OCH3 is 1. The molecule has 0 aliphatic heterocycles. The van der Waals surface area contributed by atoms with Crippen molar-refractivity contribution < 1.29 is 9.53 Å². The van der Waals surface area contributed by atoms with Gasteiger partial charge in [-0.05, 0) is 44.9 Å². The molecule has 0 heterocycles. The number of ether oxygens (including phenoxy) is 1. The minimum absolute atomic E-state index is 0.00674. The third-order valence-electron chi connectivity index (χ3n) is 2.78. The van der Waals surface area contributed by atoms with E-state index >= 15 is 0 Å². The van der Waals surface area contributed by atoms with Crippen LogP contribution in [0.5, 0.6) is 5.75 Å². The van der Waals surface area contributed by atoms with Crippen molar-refractivity contribution in [3.63, 3.8) is 0 Å². The Hall–Kier alpha value is -1.06. The number of hydrogen-bond donors (Lipinski definition) is 1. The van der Waals surface area contributed by atoms with Crippen molar-refractivity contribution >= 4 is 17.4 Å². The largest absolute Gasteiger partial charge is 0.496 e. The van der Waals surface area contributed by atoms with E-state index in [1.807, 2.05) is 20.8 Å². The highest BCUT2D eigenvalue weighted by Crippen LogP contribution is 2.28. The van der Waals surface area contributed by atoms with Gasteiger partial charge in [-0.15, -0.1) is 0 Å². The second kappa shape index (κ2) is 5.72. The number of nitrogens with two attached hydrogens (primary N) is 1. The number of benzene rings is 1. The van der Waals surface area contributed by atoms with Crippen LogP contribution in [-0.4, -0.2) is 18.4 Å². The van der Waals surface area contributed by atoms with Crippen molar-refractivity contribution in [1.29, 1.82) is 0 Å². The van der Waals surface area contributed by atoms with Crippen molar-refractivity contribution in [2.75, 3.05) is 7.11 Å². The molecule has 3 nitrogen and oxygen atoms in total. The molecule has 0 saturated heterocycles. The fourth-order valence-electron chi connectivity index (χ4n) is 1.61. The first-order valence-corrected chi connectivity index (χ1v) is 6.28. The van der Waals surface area contributed by atoms with E-state index in [-0.39, 0.29) is 11.3 Å². The molecule has 4 heteroatoms. The summed E-state index contributed by atoms with van der Waals surface area (Å²) < 4.78 is 5.22. The van der Waals surface area contributed by atoms with Crippen molar-refractivity contribution in [1.82, 2.24) is 0 Å². The van der Waals surface area contributed by atoms with Crippen LogP contribution in [0.25, 0.3) is 0 Å². The highest BCUT2D eigenvalue weighted by atomic mass is 35.5. The summed E-state index contributed by atoms with van der Waals surface area (Å²) in [7, 11) is 1.55. The summed E-state index contributed by atoms with van der Waals surface area (Å²) in [5, 5.41) is 0.575. The molecular weight excluding hydrogens is 250 g/mol. The summed E-state index contributed by atoms with van der Waals surface area (Å²) >= 11 is 6.04. The predicted octanol–water partition coefficient (Wildman–Crippen LogP) is 3.36. The maximum absolute atomic E-state index is 12.1. The molecule has 0 aliphatic rings. The predicted molar refractivity (Wildman–Crippen MR) is 74.6 cm³/mol. The van der Waals surface area contributed by atoms with Crippen molar-refractivity contribution in [2.45, 2.75) is 39.2 Å². The topological polar surface area (TPSA) is 52.3 Å². The molecule has 0 amide bonds. The maximum Gasteiger partial charge on any atom is 0.166 e. The third-order valence-corrected chi connectivity index (χ3v) is 3.18. The van der Waals surface area contributed by atoms with E-state index in [4.69, 9.17) is 22.1 Å². The van der Waals surface area contributed by atoms with Gasteiger partial charge in [-0.3, -0.25) is 4.79 Å². The minimum atomic E-state index is -0.350. The Kier molecular flexibility index (Phi) is 4.77. The van der Waals surface area contributed by atoms with Crippen LogP contribution in [-0.2, 0) is 0 Å². The molecule has 1 aromatic carbocycles. The molecule has 100 valence electrons. The van der Waals surface area contributed by atoms with Crippen LogP contribution in [0.4, 0.5) is 0 Å². The Bertz CT molecular complexity index is 450. The van der Waals surface area contributed by atoms with Gasteiger partial charge in [0.05, 0.1) is 12.7 Å². The molecule has 0 aromatic heterocycles. The number of Topliss-reactive ketones (excluding diaryl/α,β-unsaturated/α-hetero) is 1. The van der Waals surface area contributed by atoms with E-state index in [0.29, 0.717) is 29.2 Å². The van der Waals surface area contributed by atoms with Gasteiger partial charge >= 0.3 is 0 Å². The maximum atomic E-state index is 12.1. The normalized spacial score (nSPS) is 11.4. The minimum Gasteiger partial charge on any atom is -0.496 e. The van der Waals surface area contributed by atoms with Crippen molar-refractivity contribution in [2.24, 2.45) is 5.73 Å². The molecule has 0 unspecified atom stereocenters. The fraction of sp³-hybridized carbons (Fsp3) is 0.500. The molecule has 1 aromatic rings. The summed E-state index contributed by atoms with van der Waals surface area (Å²) in [6.07, 6.45) is 1.01. The molecule has 0 saturated carbocycles. The quantitative estimate of drug-likeness (QED) is 0.834. The van der Waals surface area contributed by atoms with Gasteiger partial charge in [0.2, 0.25) is 0 Å². The lowest BCUT2D eigenvalue weighted by Crippen LogP contribution is -2.32. The smallest absolute Gasteiger partial charge is 0.166 e. The van der Waals surface area contributed by atoms with Gasteiger partial charge in [0.1, 0.15) is 5.75 Å². The first-order chi connectivity index (χ1) is 8.24. The molecule has 0 fully saturated rings. The van der Waals surface area contributed by atoms with E-state index < -0.39 is 0 Å². The second-order valence-electron chi connectivity index (χ2n) is 5.21. The number of rotatable bonds is 5. The van der Waals surface area contributed by atoms with E-state index in [0.717, 1.165) is 5.56 Å². The van der Waals surface area contributed by atoms with Crippen LogP contribution in [0.15, 0.2) is 12.1 Å². The van der Waals surface area contributed by atoms with Crippen LogP contribution >= 0.6 is 11.6 Å². The lowest BCUT2D eigenvalue weighted by Gasteiger charge is -2.18. The number of halogens is 1.